The quantitative estimate of drug-likeness (QED) is 0.529. The number of rotatable bonds is 7. The maximum atomic E-state index is 13.0. The van der Waals surface area contributed by atoms with Gasteiger partial charge in [-0.2, -0.15) is 0 Å². The van der Waals surface area contributed by atoms with Gasteiger partial charge in [-0.15, -0.1) is 0 Å². The van der Waals surface area contributed by atoms with E-state index < -0.39 is 0 Å². The summed E-state index contributed by atoms with van der Waals surface area (Å²) in [6.45, 7) is 8.11. The molecule has 1 fully saturated rings. The van der Waals surface area contributed by atoms with Gasteiger partial charge in [-0.05, 0) is 53.6 Å². The van der Waals surface area contributed by atoms with Crippen molar-refractivity contribution in [2.24, 2.45) is 0 Å². The molecule has 162 valence electrons. The van der Waals surface area contributed by atoms with Crippen LogP contribution >= 0.6 is 23.2 Å². The molecule has 1 amide bonds. The summed E-state index contributed by atoms with van der Waals surface area (Å²) in [4.78, 5) is 14.7. The number of benzene rings is 2. The van der Waals surface area contributed by atoms with Gasteiger partial charge >= 0.3 is 0 Å². The van der Waals surface area contributed by atoms with Crippen molar-refractivity contribution in [2.45, 2.75) is 51.7 Å². The fourth-order valence-corrected chi connectivity index (χ4v) is 3.90. The van der Waals surface area contributed by atoms with Gasteiger partial charge in [0.15, 0.2) is 6.61 Å². The van der Waals surface area contributed by atoms with Crippen molar-refractivity contribution in [1.29, 1.82) is 0 Å². The van der Waals surface area contributed by atoms with Gasteiger partial charge < -0.3 is 14.4 Å². The van der Waals surface area contributed by atoms with Gasteiger partial charge in [0, 0.05) is 29.7 Å². The lowest BCUT2D eigenvalue weighted by Gasteiger charge is -2.26. The number of carbonyl (C=O) groups excluding carboxylic acids is 1. The van der Waals surface area contributed by atoms with Crippen molar-refractivity contribution < 1.29 is 14.3 Å². The van der Waals surface area contributed by atoms with E-state index in [1.807, 2.05) is 30.3 Å². The largest absolute Gasteiger partial charge is 0.484 e. The number of nitrogens with zero attached hydrogens (tertiary/aromatic N) is 1. The van der Waals surface area contributed by atoms with Gasteiger partial charge in [0.05, 0.1) is 6.10 Å². The average molecular weight is 450 g/mol. The highest BCUT2D eigenvalue weighted by Gasteiger charge is 2.24. The van der Waals surface area contributed by atoms with E-state index in [1.54, 1.807) is 17.0 Å². The molecule has 1 saturated heterocycles. The van der Waals surface area contributed by atoms with Crippen LogP contribution in [-0.2, 0) is 21.5 Å². The lowest BCUT2D eigenvalue weighted by Crippen LogP contribution is -2.39. The maximum absolute atomic E-state index is 13.0. The van der Waals surface area contributed by atoms with Crippen molar-refractivity contribution in [3.05, 3.63) is 63.6 Å². The molecule has 0 radical (unpaired) electrons. The zero-order valence-electron chi connectivity index (χ0n) is 17.8. The highest BCUT2D eigenvalue weighted by atomic mass is 35.5. The van der Waals surface area contributed by atoms with Crippen molar-refractivity contribution in [3.63, 3.8) is 0 Å². The Labute approximate surface area is 189 Å². The lowest BCUT2D eigenvalue weighted by atomic mass is 9.87. The van der Waals surface area contributed by atoms with Crippen LogP contribution in [-0.4, -0.2) is 36.7 Å². The van der Waals surface area contributed by atoms with Crippen molar-refractivity contribution in [1.82, 2.24) is 4.90 Å². The van der Waals surface area contributed by atoms with Gasteiger partial charge in [-0.1, -0.05) is 62.2 Å². The van der Waals surface area contributed by atoms with Crippen LogP contribution in [0.2, 0.25) is 10.0 Å². The van der Waals surface area contributed by atoms with E-state index in [0.29, 0.717) is 28.9 Å². The normalized spacial score (nSPS) is 16.5. The summed E-state index contributed by atoms with van der Waals surface area (Å²) < 4.78 is 11.5. The van der Waals surface area contributed by atoms with Crippen molar-refractivity contribution >= 4 is 29.1 Å². The fourth-order valence-electron chi connectivity index (χ4n) is 3.43. The first-order chi connectivity index (χ1) is 14.2. The Morgan fingerprint density at radius 3 is 2.50 bits per heavy atom. The molecule has 0 saturated carbocycles. The Hall–Kier alpha value is -1.75. The fraction of sp³-hybridized carbons (Fsp3) is 0.458. The standard InChI is InChI=1S/C24H29Cl2NO3/c1-24(2,3)18-7-10-20(11-8-18)30-16-23(28)27(15-21-5-4-12-29-21)14-17-6-9-19(25)13-22(17)26/h6-11,13,21H,4-5,12,14-16H2,1-3H3/t21-/m0/s1. The maximum Gasteiger partial charge on any atom is 0.260 e. The van der Waals surface area contributed by atoms with Crippen LogP contribution in [0, 0.1) is 0 Å². The van der Waals surface area contributed by atoms with Gasteiger partial charge in [0.1, 0.15) is 5.75 Å². The Balaban J connectivity index is 1.66. The monoisotopic (exact) mass is 449 g/mol. The Bertz CT molecular complexity index is 856. The molecule has 0 aromatic heterocycles. The number of ether oxygens (including phenoxy) is 2. The third-order valence-corrected chi connectivity index (χ3v) is 5.85. The van der Waals surface area contributed by atoms with Crippen molar-refractivity contribution in [3.8, 4) is 5.75 Å². The van der Waals surface area contributed by atoms with Crippen molar-refractivity contribution in [2.75, 3.05) is 19.8 Å². The molecule has 4 nitrogen and oxygen atoms in total. The predicted molar refractivity (Wildman–Crippen MR) is 121 cm³/mol. The zero-order valence-corrected chi connectivity index (χ0v) is 19.3. The smallest absolute Gasteiger partial charge is 0.260 e. The summed E-state index contributed by atoms with van der Waals surface area (Å²) in [5, 5.41) is 1.12. The molecule has 1 atom stereocenters. The number of halogens is 2. The van der Waals surface area contributed by atoms with Crippen LogP contribution in [0.1, 0.15) is 44.7 Å². The van der Waals surface area contributed by atoms with Gasteiger partial charge in [0.2, 0.25) is 0 Å². The first kappa shape index (κ1) is 22.9. The van der Waals surface area contributed by atoms with Crippen LogP contribution in [0.4, 0.5) is 0 Å². The highest BCUT2D eigenvalue weighted by molar-refractivity contribution is 6.35. The van der Waals surface area contributed by atoms with E-state index in [4.69, 9.17) is 32.7 Å². The molecule has 2 aromatic rings. The molecule has 1 aliphatic rings. The Kier molecular flexibility index (Phi) is 7.67. The van der Waals surface area contributed by atoms with E-state index >= 15 is 0 Å². The molecule has 0 spiro atoms. The van der Waals surface area contributed by atoms with Crippen LogP contribution < -0.4 is 4.74 Å². The predicted octanol–water partition coefficient (Wildman–Crippen LogP) is 5.88. The molecule has 0 unspecified atom stereocenters. The van der Waals surface area contributed by atoms with Crippen LogP contribution in [0.5, 0.6) is 5.75 Å². The summed E-state index contributed by atoms with van der Waals surface area (Å²) >= 11 is 12.3. The van der Waals surface area contributed by atoms with E-state index in [0.717, 1.165) is 25.0 Å². The first-order valence-corrected chi connectivity index (χ1v) is 11.0. The minimum absolute atomic E-state index is 0.0349. The summed E-state index contributed by atoms with van der Waals surface area (Å²) in [5.74, 6) is 0.578. The summed E-state index contributed by atoms with van der Waals surface area (Å²) in [6.07, 6.45) is 2.02. The molecular weight excluding hydrogens is 421 g/mol. The minimum atomic E-state index is -0.101. The molecule has 0 N–H and O–H groups in total. The molecule has 1 aliphatic heterocycles. The summed E-state index contributed by atoms with van der Waals surface area (Å²) in [6, 6.07) is 13.2. The first-order valence-electron chi connectivity index (χ1n) is 10.3. The number of hydrogen-bond donors (Lipinski definition) is 0. The van der Waals surface area contributed by atoms with Gasteiger partial charge in [0.25, 0.3) is 5.91 Å². The second-order valence-corrected chi connectivity index (χ2v) is 9.55. The van der Waals surface area contributed by atoms with Crippen LogP contribution in [0.25, 0.3) is 0 Å². The van der Waals surface area contributed by atoms with E-state index in [-0.39, 0.29) is 24.0 Å². The van der Waals surface area contributed by atoms with Crippen LogP contribution in [0.15, 0.2) is 42.5 Å². The summed E-state index contributed by atoms with van der Waals surface area (Å²) in [5.41, 5.74) is 2.14. The molecule has 3 rings (SSSR count). The lowest BCUT2D eigenvalue weighted by molar-refractivity contribution is -0.135. The molecule has 2 aromatic carbocycles. The number of amides is 1. The van der Waals surface area contributed by atoms with E-state index in [1.165, 1.54) is 5.56 Å². The van der Waals surface area contributed by atoms with Gasteiger partial charge in [-0.3, -0.25) is 4.79 Å². The number of hydrogen-bond acceptors (Lipinski definition) is 3. The molecule has 30 heavy (non-hydrogen) atoms. The zero-order chi connectivity index (χ0) is 21.7. The summed E-state index contributed by atoms with van der Waals surface area (Å²) in [7, 11) is 0. The van der Waals surface area contributed by atoms with Crippen LogP contribution in [0.3, 0.4) is 0 Å². The Morgan fingerprint density at radius 1 is 1.17 bits per heavy atom. The molecule has 0 bridgehead atoms. The third-order valence-electron chi connectivity index (χ3n) is 5.26. The molecule has 6 heteroatoms. The minimum Gasteiger partial charge on any atom is -0.484 e. The van der Waals surface area contributed by atoms with E-state index in [2.05, 4.69) is 20.8 Å². The molecular formula is C24H29Cl2NO3. The molecule has 1 heterocycles. The van der Waals surface area contributed by atoms with E-state index in [9.17, 15) is 4.79 Å². The number of carbonyl (C=O) groups is 1. The third kappa shape index (κ3) is 6.37. The second kappa shape index (κ2) is 10.0. The highest BCUT2D eigenvalue weighted by Crippen LogP contribution is 2.25. The second-order valence-electron chi connectivity index (χ2n) is 8.71. The van der Waals surface area contributed by atoms with Gasteiger partial charge in [-0.25, -0.2) is 0 Å². The average Bonchev–Trinajstić information content (AvgIpc) is 3.20. The Morgan fingerprint density at radius 2 is 1.90 bits per heavy atom. The topological polar surface area (TPSA) is 38.8 Å². The SMILES string of the molecule is CC(C)(C)c1ccc(OCC(=O)N(Cc2ccc(Cl)cc2Cl)C[C@@H]2CCCO2)cc1. The molecule has 0 aliphatic carbocycles.